The molecule has 1 fully saturated rings. The zero-order chi connectivity index (χ0) is 8.97. The number of ketones is 1. The number of hydrogen-bond acceptors (Lipinski definition) is 2. The largest absolute Gasteiger partial charge is 0.299 e. The lowest BCUT2D eigenvalue weighted by Gasteiger charge is -2.12. The van der Waals surface area contributed by atoms with Crippen LogP contribution in [-0.2, 0) is 4.79 Å². The zero-order valence-electron chi connectivity index (χ0n) is 8.01. The van der Waals surface area contributed by atoms with Crippen LogP contribution < -0.4 is 0 Å². The third-order valence-corrected chi connectivity index (χ3v) is 3.60. The second-order valence-electron chi connectivity index (χ2n) is 3.69. The minimum Gasteiger partial charge on any atom is -0.299 e. The maximum absolute atomic E-state index is 11.2. The first-order chi connectivity index (χ1) is 5.75. The van der Waals surface area contributed by atoms with Crippen molar-refractivity contribution in [1.82, 2.24) is 0 Å². The Morgan fingerprint density at radius 3 is 2.83 bits per heavy atom. The van der Waals surface area contributed by atoms with Crippen LogP contribution in [0.1, 0.15) is 32.6 Å². The molecule has 12 heavy (non-hydrogen) atoms. The van der Waals surface area contributed by atoms with Gasteiger partial charge in [-0.3, -0.25) is 4.79 Å². The summed E-state index contributed by atoms with van der Waals surface area (Å²) in [5.41, 5.74) is 0. The smallest absolute Gasteiger partial charge is 0.135 e. The van der Waals surface area contributed by atoms with Crippen LogP contribution in [0.5, 0.6) is 0 Å². The summed E-state index contributed by atoms with van der Waals surface area (Å²) in [4.78, 5) is 11.2. The summed E-state index contributed by atoms with van der Waals surface area (Å²) in [6.07, 6.45) is 6.67. The Bertz CT molecular complexity index is 156. The summed E-state index contributed by atoms with van der Waals surface area (Å²) in [5, 5.41) is 0. The molecule has 0 heterocycles. The number of Topliss-reactive ketones (excluding diaryl/α,β-unsaturated/α-hetero) is 1. The molecule has 0 aromatic heterocycles. The fourth-order valence-electron chi connectivity index (χ4n) is 1.95. The minimum absolute atomic E-state index is 0.354. The summed E-state index contributed by atoms with van der Waals surface area (Å²) in [7, 11) is 0. The van der Waals surface area contributed by atoms with Crippen LogP contribution in [0.2, 0.25) is 0 Å². The SMILES string of the molecule is CSCCCC1CCC(=O)C1C. The molecule has 1 aliphatic rings. The predicted octanol–water partition coefficient (Wildman–Crippen LogP) is 2.74. The third-order valence-electron chi connectivity index (χ3n) is 2.90. The van der Waals surface area contributed by atoms with Crippen LogP contribution in [0.25, 0.3) is 0 Å². The fourth-order valence-corrected chi connectivity index (χ4v) is 2.41. The Morgan fingerprint density at radius 1 is 1.58 bits per heavy atom. The van der Waals surface area contributed by atoms with Gasteiger partial charge >= 0.3 is 0 Å². The number of thioether (sulfide) groups is 1. The average Bonchev–Trinajstić information content (AvgIpc) is 2.36. The quantitative estimate of drug-likeness (QED) is 0.628. The van der Waals surface area contributed by atoms with Gasteiger partial charge in [0.25, 0.3) is 0 Å². The van der Waals surface area contributed by atoms with E-state index >= 15 is 0 Å². The highest BCUT2D eigenvalue weighted by Gasteiger charge is 2.29. The molecule has 0 saturated heterocycles. The van der Waals surface area contributed by atoms with Crippen molar-refractivity contribution in [2.75, 3.05) is 12.0 Å². The summed E-state index contributed by atoms with van der Waals surface area (Å²) >= 11 is 1.90. The van der Waals surface area contributed by atoms with Gasteiger partial charge in [0.15, 0.2) is 0 Å². The lowest BCUT2D eigenvalue weighted by atomic mass is 9.93. The van der Waals surface area contributed by atoms with E-state index in [1.54, 1.807) is 0 Å². The van der Waals surface area contributed by atoms with E-state index in [4.69, 9.17) is 0 Å². The van der Waals surface area contributed by atoms with Gasteiger partial charge in [0.1, 0.15) is 5.78 Å². The topological polar surface area (TPSA) is 17.1 Å². The van der Waals surface area contributed by atoms with Crippen LogP contribution in [-0.4, -0.2) is 17.8 Å². The lowest BCUT2D eigenvalue weighted by Crippen LogP contribution is -2.10. The van der Waals surface area contributed by atoms with E-state index in [0.717, 1.165) is 12.8 Å². The van der Waals surface area contributed by atoms with Crippen molar-refractivity contribution in [2.45, 2.75) is 32.6 Å². The van der Waals surface area contributed by atoms with Crippen molar-refractivity contribution < 1.29 is 4.79 Å². The van der Waals surface area contributed by atoms with Gasteiger partial charge in [0, 0.05) is 12.3 Å². The van der Waals surface area contributed by atoms with Gasteiger partial charge in [-0.1, -0.05) is 6.92 Å². The molecule has 0 N–H and O–H groups in total. The molecule has 0 aromatic carbocycles. The molecule has 2 heteroatoms. The molecule has 2 atom stereocenters. The van der Waals surface area contributed by atoms with Gasteiger partial charge in [-0.15, -0.1) is 0 Å². The van der Waals surface area contributed by atoms with Crippen LogP contribution in [0, 0.1) is 11.8 Å². The van der Waals surface area contributed by atoms with Gasteiger partial charge in [0.2, 0.25) is 0 Å². The van der Waals surface area contributed by atoms with E-state index in [-0.39, 0.29) is 0 Å². The Hall–Kier alpha value is 0.0200. The van der Waals surface area contributed by atoms with Gasteiger partial charge in [-0.25, -0.2) is 0 Å². The van der Waals surface area contributed by atoms with Gasteiger partial charge in [0.05, 0.1) is 0 Å². The standard InChI is InChI=1S/C10H18OS/c1-8-9(4-3-7-12-2)5-6-10(8)11/h8-9H,3-7H2,1-2H3. The Morgan fingerprint density at radius 2 is 2.33 bits per heavy atom. The molecule has 1 nitrogen and oxygen atoms in total. The van der Waals surface area contributed by atoms with Crippen molar-refractivity contribution in [3.8, 4) is 0 Å². The Kier molecular flexibility index (Phi) is 4.13. The van der Waals surface area contributed by atoms with Gasteiger partial charge in [-0.05, 0) is 37.2 Å². The maximum atomic E-state index is 11.2. The summed E-state index contributed by atoms with van der Waals surface area (Å²) in [6.45, 7) is 2.10. The van der Waals surface area contributed by atoms with Crippen LogP contribution in [0.4, 0.5) is 0 Å². The molecule has 0 amide bonds. The first-order valence-corrected chi connectivity index (χ1v) is 6.16. The number of carbonyl (C=O) groups excluding carboxylic acids is 1. The monoisotopic (exact) mass is 186 g/mol. The lowest BCUT2D eigenvalue weighted by molar-refractivity contribution is -0.120. The summed E-state index contributed by atoms with van der Waals surface area (Å²) in [6, 6.07) is 0. The average molecular weight is 186 g/mol. The van der Waals surface area contributed by atoms with Gasteiger partial charge < -0.3 is 0 Å². The fraction of sp³-hybridized carbons (Fsp3) is 0.900. The van der Waals surface area contributed by atoms with E-state index in [0.29, 0.717) is 17.6 Å². The van der Waals surface area contributed by atoms with Crippen LogP contribution in [0.15, 0.2) is 0 Å². The van der Waals surface area contributed by atoms with Crippen molar-refractivity contribution >= 4 is 17.5 Å². The molecule has 0 spiro atoms. The molecule has 0 radical (unpaired) electrons. The van der Waals surface area contributed by atoms with Gasteiger partial charge in [-0.2, -0.15) is 11.8 Å². The first kappa shape index (κ1) is 10.1. The van der Waals surface area contributed by atoms with Crippen LogP contribution in [0.3, 0.4) is 0 Å². The first-order valence-electron chi connectivity index (χ1n) is 4.77. The summed E-state index contributed by atoms with van der Waals surface area (Å²) < 4.78 is 0. The normalized spacial score (nSPS) is 29.7. The summed E-state index contributed by atoms with van der Waals surface area (Å²) in [5.74, 6) is 2.79. The molecule has 1 aliphatic carbocycles. The van der Waals surface area contributed by atoms with Crippen molar-refractivity contribution in [2.24, 2.45) is 11.8 Å². The third kappa shape index (κ3) is 2.51. The Balaban J connectivity index is 2.20. The van der Waals surface area contributed by atoms with E-state index < -0.39 is 0 Å². The maximum Gasteiger partial charge on any atom is 0.135 e. The predicted molar refractivity (Wildman–Crippen MR) is 54.5 cm³/mol. The van der Waals surface area contributed by atoms with Crippen molar-refractivity contribution in [3.63, 3.8) is 0 Å². The van der Waals surface area contributed by atoms with E-state index in [2.05, 4.69) is 13.2 Å². The molecule has 0 bridgehead atoms. The van der Waals surface area contributed by atoms with Crippen LogP contribution >= 0.6 is 11.8 Å². The number of carbonyl (C=O) groups is 1. The molecular formula is C10H18OS. The highest BCUT2D eigenvalue weighted by molar-refractivity contribution is 7.98. The Labute approximate surface area is 79.3 Å². The molecule has 1 saturated carbocycles. The highest BCUT2D eigenvalue weighted by Crippen LogP contribution is 2.31. The second kappa shape index (κ2) is 4.90. The number of hydrogen-bond donors (Lipinski definition) is 0. The highest BCUT2D eigenvalue weighted by atomic mass is 32.2. The minimum atomic E-state index is 0.354. The van der Waals surface area contributed by atoms with E-state index in [9.17, 15) is 4.79 Å². The molecular weight excluding hydrogens is 168 g/mol. The van der Waals surface area contributed by atoms with E-state index in [1.807, 2.05) is 11.8 Å². The molecule has 0 aromatic rings. The molecule has 2 unspecified atom stereocenters. The second-order valence-corrected chi connectivity index (χ2v) is 4.67. The number of rotatable bonds is 4. The van der Waals surface area contributed by atoms with Crippen molar-refractivity contribution in [1.29, 1.82) is 0 Å². The molecule has 0 aliphatic heterocycles. The van der Waals surface area contributed by atoms with E-state index in [1.165, 1.54) is 18.6 Å². The zero-order valence-corrected chi connectivity index (χ0v) is 8.82. The molecule has 1 rings (SSSR count). The van der Waals surface area contributed by atoms with Crippen molar-refractivity contribution in [3.05, 3.63) is 0 Å². The molecule has 70 valence electrons.